The lowest BCUT2D eigenvalue weighted by molar-refractivity contribution is 0.440. The fourth-order valence-corrected chi connectivity index (χ4v) is 24.1. The van der Waals surface area contributed by atoms with Crippen LogP contribution < -0.4 is 24.9 Å². The topological polar surface area (TPSA) is 64.4 Å². The van der Waals surface area contributed by atoms with Crippen LogP contribution in [0.3, 0.4) is 0 Å². The monoisotopic (exact) mass is 1840 g/mol. The van der Waals surface area contributed by atoms with Gasteiger partial charge in [-0.05, 0) is 310 Å². The molecule has 13 nitrogen and oxygen atoms in total. The Morgan fingerprint density at radius 3 is 0.965 bits per heavy atom. The highest BCUT2D eigenvalue weighted by atomic mass is 15.2. The van der Waals surface area contributed by atoms with Crippen molar-refractivity contribution >= 4 is 221 Å². The Labute approximate surface area is 822 Å². The summed E-state index contributed by atoms with van der Waals surface area (Å²) >= 11 is 0. The van der Waals surface area contributed by atoms with E-state index in [1.807, 2.05) is 6.08 Å². The third-order valence-corrected chi connectivity index (χ3v) is 30.5. The molecule has 0 amide bonds. The first-order valence-electron chi connectivity index (χ1n) is 50.7. The van der Waals surface area contributed by atoms with Crippen molar-refractivity contribution in [2.24, 2.45) is 0 Å². The van der Waals surface area contributed by atoms with Crippen molar-refractivity contribution in [2.45, 2.75) is 140 Å². The van der Waals surface area contributed by atoms with Gasteiger partial charge in [-0.25, -0.2) is 0 Å². The standard InChI is InChI=1S/C128H117N13/c1-13-36-85(130(12)86-52-61-119-103(74-86)96-38-22-29-45-112(96)131(119)15-3)72-83(10)84(11)73-95(140(91-57-66-124-108(79-91)101-43-27-34-50-117(101)136(124)20-8)92-58-67-125-109(80-92)102-44-28-35-51-118(102)137(125)21-9)70-71-129-128(37-14-2)141-126-68-59-93(138(87-53-62-120-104(75-87)97-39-23-30-46-113(97)132(120)16-4)88-54-63-121-105(76-88)98-40-24-31-47-114(98)133(121)17-5)81-110(126)111-82-94(60-69-127(111)141)139(89-55-64-122-106(77-89)99-41-25-32-48-115(99)134(122)18-6)90-56-65-123-107(78-90)100-42-26-33-49-116(100)135(123)19-7/h13,22-32,34-36,38-48,50-82,128-129H,1,11,14-21,33,37,49H2,2-10,12H3/b71-70-,83-72+,85-36+,95-73+. The lowest BCUT2D eigenvalue weighted by Gasteiger charge is -2.28. The van der Waals surface area contributed by atoms with Gasteiger partial charge in [0, 0.05) is 285 Å². The lowest BCUT2D eigenvalue weighted by atomic mass is 10.0. The van der Waals surface area contributed by atoms with E-state index in [1.165, 1.54) is 153 Å². The van der Waals surface area contributed by atoms with Gasteiger partial charge in [0.1, 0.15) is 6.17 Å². The zero-order chi connectivity index (χ0) is 95.7. The quantitative estimate of drug-likeness (QED) is 0.0495. The molecule has 0 saturated carbocycles. The molecule has 1 aliphatic carbocycles. The van der Waals surface area contributed by atoms with Crippen LogP contribution >= 0.6 is 0 Å². The highest BCUT2D eigenvalue weighted by molar-refractivity contribution is 6.18. The highest BCUT2D eigenvalue weighted by Crippen LogP contribution is 2.50. The van der Waals surface area contributed by atoms with Gasteiger partial charge in [0.15, 0.2) is 0 Å². The van der Waals surface area contributed by atoms with Crippen molar-refractivity contribution in [3.05, 3.63) is 399 Å². The third kappa shape index (κ3) is 14.1. The van der Waals surface area contributed by atoms with E-state index in [1.54, 1.807) is 0 Å². The average molecular weight is 1840 g/mol. The largest absolute Gasteiger partial charge is 0.371 e. The number of likely N-dealkylation sites (N-methyl/N-ethyl adjacent to an activating group) is 1. The van der Waals surface area contributed by atoms with E-state index in [2.05, 4.69) is 489 Å². The number of hydrogen-bond acceptors (Lipinski definition) is 5. The highest BCUT2D eigenvalue weighted by Gasteiger charge is 2.29. The van der Waals surface area contributed by atoms with Crippen LogP contribution in [0.2, 0.25) is 0 Å². The predicted molar refractivity (Wildman–Crippen MR) is 605 cm³/mol. The van der Waals surface area contributed by atoms with E-state index in [9.17, 15) is 0 Å². The number of nitrogens with one attached hydrogen (secondary N) is 1. The van der Waals surface area contributed by atoms with E-state index in [0.717, 1.165) is 167 Å². The molecule has 1 aliphatic rings. The predicted octanol–water partition coefficient (Wildman–Crippen LogP) is 34.3. The first-order valence-corrected chi connectivity index (χ1v) is 50.7. The molecule has 694 valence electrons. The Kier molecular flexibility index (Phi) is 22.0. The SMILES string of the molecule is C=C/C=C(\C=C(/C)C(=C)/C=C(\C=C/NC(CCC)n1c2ccc(N(c3ccc4c(c3)c3c(n4CC)CCC=C3)c3ccc4c(c3)c3ccccc3n4CC)cc2c2cc(N(c3ccc4c(c3)c3ccccc3n4CC)c3ccc4c(c3)c3ccccc3n4CC)ccc21)N(c1ccc2c(c1)c1ccccc1n2CC)c1ccc2c(c1)c1ccccc1n2CC)N(C)c1ccc2c(c1)c1ccccc1n2CC. The fraction of sp³-hybridized carbons (Fsp3) is 0.172. The number of aryl methyl sites for hydroxylation is 7. The van der Waals surface area contributed by atoms with E-state index in [-0.39, 0.29) is 6.17 Å². The summed E-state index contributed by atoms with van der Waals surface area (Å²) in [6.45, 7) is 35.8. The molecule has 8 aromatic heterocycles. The van der Waals surface area contributed by atoms with Crippen LogP contribution in [0.1, 0.15) is 99.0 Å². The Morgan fingerprint density at radius 2 is 0.624 bits per heavy atom. The van der Waals surface area contributed by atoms with Crippen LogP contribution in [-0.2, 0) is 52.2 Å². The van der Waals surface area contributed by atoms with Crippen LogP contribution in [0.5, 0.6) is 0 Å². The van der Waals surface area contributed by atoms with Gasteiger partial charge in [-0.15, -0.1) is 0 Å². The van der Waals surface area contributed by atoms with Crippen molar-refractivity contribution in [2.75, 3.05) is 26.6 Å². The molecule has 23 aromatic rings. The normalized spacial score (nSPS) is 13.2. The van der Waals surface area contributed by atoms with Crippen molar-refractivity contribution in [3.8, 4) is 0 Å². The van der Waals surface area contributed by atoms with E-state index in [4.69, 9.17) is 6.58 Å². The zero-order valence-electron chi connectivity index (χ0n) is 82.2. The fourth-order valence-electron chi connectivity index (χ4n) is 24.1. The summed E-state index contributed by atoms with van der Waals surface area (Å²) in [5, 5.41) is 22.5. The Hall–Kier alpha value is -16.4. The molecule has 1 N–H and O–H groups in total. The number of hydrogen-bond donors (Lipinski definition) is 1. The Bertz CT molecular complexity index is 8990. The number of nitrogens with zero attached hydrogens (tertiary/aromatic N) is 12. The summed E-state index contributed by atoms with van der Waals surface area (Å²) in [6, 6.07) is 118. The van der Waals surface area contributed by atoms with Gasteiger partial charge in [-0.1, -0.05) is 154 Å². The first-order chi connectivity index (χ1) is 69.3. The van der Waals surface area contributed by atoms with E-state index >= 15 is 0 Å². The molecular weight excluding hydrogens is 1720 g/mol. The minimum atomic E-state index is -0.276. The van der Waals surface area contributed by atoms with E-state index < -0.39 is 0 Å². The van der Waals surface area contributed by atoms with Crippen LogP contribution in [0.15, 0.2) is 388 Å². The molecule has 0 fully saturated rings. The number of aromatic nitrogens is 8. The number of anilines is 9. The molecule has 13 heteroatoms. The molecule has 0 spiro atoms. The molecule has 0 bridgehead atoms. The molecule has 8 heterocycles. The number of rotatable bonds is 28. The molecule has 24 rings (SSSR count). The molecule has 1 unspecified atom stereocenters. The third-order valence-electron chi connectivity index (χ3n) is 30.5. The average Bonchev–Trinajstić information content (AvgIpc) is 1.64. The molecule has 1 atom stereocenters. The summed E-state index contributed by atoms with van der Waals surface area (Å²) in [7, 11) is 2.16. The van der Waals surface area contributed by atoms with Crippen molar-refractivity contribution in [1.82, 2.24) is 41.9 Å². The van der Waals surface area contributed by atoms with Crippen molar-refractivity contribution < 1.29 is 0 Å². The summed E-state index contributed by atoms with van der Waals surface area (Å²) in [5.41, 5.74) is 34.1. The van der Waals surface area contributed by atoms with Crippen molar-refractivity contribution in [3.63, 3.8) is 0 Å². The summed E-state index contributed by atoms with van der Waals surface area (Å²) in [4.78, 5) is 9.81. The molecule has 0 radical (unpaired) electrons. The lowest BCUT2D eigenvalue weighted by Crippen LogP contribution is -2.23. The van der Waals surface area contributed by atoms with Gasteiger partial charge in [-0.2, -0.15) is 0 Å². The maximum atomic E-state index is 5.10. The van der Waals surface area contributed by atoms with Crippen LogP contribution in [0.4, 0.5) is 51.2 Å². The number of allylic oxidation sites excluding steroid dienone is 8. The van der Waals surface area contributed by atoms with Gasteiger partial charge in [0.05, 0.1) is 11.0 Å². The summed E-state index contributed by atoms with van der Waals surface area (Å²) < 4.78 is 19.9. The second-order valence-corrected chi connectivity index (χ2v) is 37.9. The molecular formula is C128H117N13. The van der Waals surface area contributed by atoms with Gasteiger partial charge in [0.25, 0.3) is 0 Å². The smallest absolute Gasteiger partial charge is 0.103 e. The van der Waals surface area contributed by atoms with Crippen molar-refractivity contribution in [1.29, 1.82) is 0 Å². The first kappa shape index (κ1) is 87.4. The van der Waals surface area contributed by atoms with Gasteiger partial charge in [0.2, 0.25) is 0 Å². The van der Waals surface area contributed by atoms with Crippen LogP contribution in [0.25, 0.3) is 170 Å². The molecule has 0 aliphatic heterocycles. The summed E-state index contributed by atoms with van der Waals surface area (Å²) in [6.07, 6.45) is 21.3. The Balaban J connectivity index is 0.721. The minimum absolute atomic E-state index is 0.276. The number of para-hydroxylation sites is 6. The minimum Gasteiger partial charge on any atom is -0.371 e. The number of fused-ring (bicyclic) bond motifs is 24. The summed E-state index contributed by atoms with van der Waals surface area (Å²) in [5.74, 6) is 0. The Morgan fingerprint density at radius 1 is 0.333 bits per heavy atom. The van der Waals surface area contributed by atoms with Crippen LogP contribution in [0, 0.1) is 0 Å². The van der Waals surface area contributed by atoms with E-state index in [0.29, 0.717) is 0 Å². The van der Waals surface area contributed by atoms with Gasteiger partial charge >= 0.3 is 0 Å². The maximum absolute atomic E-state index is 5.10. The zero-order valence-corrected chi connectivity index (χ0v) is 82.2. The van der Waals surface area contributed by atoms with Gasteiger partial charge in [-0.3, -0.25) is 0 Å². The molecule has 15 aromatic carbocycles. The second-order valence-electron chi connectivity index (χ2n) is 37.9. The second kappa shape index (κ2) is 35.6. The number of benzene rings is 15. The van der Waals surface area contributed by atoms with Gasteiger partial charge < -0.3 is 61.5 Å². The molecule has 0 saturated heterocycles. The van der Waals surface area contributed by atoms with Crippen LogP contribution in [-0.4, -0.2) is 43.6 Å². The molecule has 141 heavy (non-hydrogen) atoms. The maximum Gasteiger partial charge on any atom is 0.103 e.